The highest BCUT2D eigenvalue weighted by Crippen LogP contribution is 2.14. The van der Waals surface area contributed by atoms with Crippen molar-refractivity contribution in [1.82, 2.24) is 9.88 Å². The molecular formula is C15H14N2O5. The molecule has 1 aromatic carbocycles. The van der Waals surface area contributed by atoms with Crippen LogP contribution in [-0.2, 0) is 20.9 Å². The van der Waals surface area contributed by atoms with Gasteiger partial charge in [-0.3, -0.25) is 9.78 Å². The number of carboxylic acids is 2. The van der Waals surface area contributed by atoms with Crippen LogP contribution >= 0.6 is 0 Å². The lowest BCUT2D eigenvalue weighted by Gasteiger charge is -2.24. The smallest absolute Gasteiger partial charge is 0.338 e. The number of hydrogen-bond donors (Lipinski definition) is 2. The van der Waals surface area contributed by atoms with E-state index in [-0.39, 0.29) is 6.54 Å². The number of para-hydroxylation sites is 1. The van der Waals surface area contributed by atoms with Gasteiger partial charge in [0.15, 0.2) is 0 Å². The number of carbonyl (C=O) groups is 3. The first kappa shape index (κ1) is 15.4. The number of amides is 1. The van der Waals surface area contributed by atoms with Crippen LogP contribution in [0.25, 0.3) is 10.9 Å². The lowest BCUT2D eigenvalue weighted by molar-refractivity contribution is -0.161. The van der Waals surface area contributed by atoms with Crippen LogP contribution in [0, 0.1) is 0 Å². The molecule has 114 valence electrons. The number of carboxylic acid groups (broad SMARTS) is 2. The zero-order chi connectivity index (χ0) is 16.3. The second-order valence-corrected chi connectivity index (χ2v) is 4.72. The van der Waals surface area contributed by atoms with Crippen molar-refractivity contribution < 1.29 is 24.6 Å². The minimum absolute atomic E-state index is 0.191. The number of benzene rings is 1. The second-order valence-electron chi connectivity index (χ2n) is 4.72. The van der Waals surface area contributed by atoms with E-state index < -0.39 is 23.9 Å². The molecule has 0 bridgehead atoms. The lowest BCUT2D eigenvalue weighted by atomic mass is 10.2. The molecule has 7 heteroatoms. The number of fused-ring (bicyclic) bond motifs is 1. The highest BCUT2D eigenvalue weighted by Gasteiger charge is 2.34. The van der Waals surface area contributed by atoms with Gasteiger partial charge in [0.05, 0.1) is 17.8 Å². The summed E-state index contributed by atoms with van der Waals surface area (Å²) in [4.78, 5) is 38.9. The number of rotatable bonds is 5. The van der Waals surface area contributed by atoms with E-state index in [2.05, 4.69) is 4.98 Å². The van der Waals surface area contributed by atoms with Gasteiger partial charge in [0.2, 0.25) is 11.9 Å². The number of aliphatic carboxylic acids is 2. The molecule has 0 saturated carbocycles. The minimum atomic E-state index is -1.94. The molecule has 0 aliphatic carbocycles. The van der Waals surface area contributed by atoms with Gasteiger partial charge in [0.1, 0.15) is 0 Å². The highest BCUT2D eigenvalue weighted by atomic mass is 16.4. The Morgan fingerprint density at radius 2 is 1.73 bits per heavy atom. The minimum Gasteiger partial charge on any atom is -0.479 e. The van der Waals surface area contributed by atoms with Gasteiger partial charge >= 0.3 is 11.9 Å². The topological polar surface area (TPSA) is 108 Å². The number of aromatic nitrogens is 1. The molecule has 2 rings (SSSR count). The van der Waals surface area contributed by atoms with E-state index in [9.17, 15) is 14.4 Å². The summed E-state index contributed by atoms with van der Waals surface area (Å²) >= 11 is 0. The Morgan fingerprint density at radius 3 is 2.32 bits per heavy atom. The van der Waals surface area contributed by atoms with Crippen LogP contribution in [0.1, 0.15) is 12.6 Å². The van der Waals surface area contributed by atoms with Gasteiger partial charge in [-0.25, -0.2) is 9.59 Å². The van der Waals surface area contributed by atoms with Crippen molar-refractivity contribution >= 4 is 28.7 Å². The van der Waals surface area contributed by atoms with Crippen molar-refractivity contribution in [3.63, 3.8) is 0 Å². The van der Waals surface area contributed by atoms with Gasteiger partial charge in [-0.05, 0) is 12.1 Å². The summed E-state index contributed by atoms with van der Waals surface area (Å²) in [5.41, 5.74) is 1.10. The SMILES string of the molecule is CC(=O)N(Cc1ccc2ccccc2n1)C(C(=O)O)C(=O)O. The number of pyridine rings is 1. The predicted molar refractivity (Wildman–Crippen MR) is 77.0 cm³/mol. The maximum Gasteiger partial charge on any atom is 0.338 e. The summed E-state index contributed by atoms with van der Waals surface area (Å²) in [5.74, 6) is -3.84. The van der Waals surface area contributed by atoms with Gasteiger partial charge in [-0.1, -0.05) is 24.3 Å². The predicted octanol–water partition coefficient (Wildman–Crippen LogP) is 1.12. The van der Waals surface area contributed by atoms with Crippen molar-refractivity contribution in [3.8, 4) is 0 Å². The van der Waals surface area contributed by atoms with Gasteiger partial charge in [0.25, 0.3) is 0 Å². The molecule has 7 nitrogen and oxygen atoms in total. The average molecular weight is 302 g/mol. The molecule has 1 amide bonds. The third-order valence-corrected chi connectivity index (χ3v) is 3.17. The molecule has 0 radical (unpaired) electrons. The van der Waals surface area contributed by atoms with Crippen molar-refractivity contribution in [3.05, 3.63) is 42.1 Å². The van der Waals surface area contributed by atoms with Crippen LogP contribution in [0.4, 0.5) is 0 Å². The lowest BCUT2D eigenvalue weighted by Crippen LogP contribution is -2.48. The molecular weight excluding hydrogens is 288 g/mol. The fraction of sp³-hybridized carbons (Fsp3) is 0.200. The fourth-order valence-corrected chi connectivity index (χ4v) is 2.13. The highest BCUT2D eigenvalue weighted by molar-refractivity contribution is 6.00. The summed E-state index contributed by atoms with van der Waals surface area (Å²) in [7, 11) is 0. The van der Waals surface area contributed by atoms with Gasteiger partial charge in [-0.2, -0.15) is 0 Å². The summed E-state index contributed by atoms with van der Waals surface area (Å²) in [6.07, 6.45) is 0. The average Bonchev–Trinajstić information content (AvgIpc) is 2.45. The molecule has 0 aliphatic heterocycles. The third-order valence-electron chi connectivity index (χ3n) is 3.17. The van der Waals surface area contributed by atoms with Crippen molar-refractivity contribution in [2.75, 3.05) is 0 Å². The zero-order valence-electron chi connectivity index (χ0n) is 11.8. The Bertz CT molecular complexity index is 730. The zero-order valence-corrected chi connectivity index (χ0v) is 11.8. The first-order chi connectivity index (χ1) is 10.4. The van der Waals surface area contributed by atoms with E-state index in [0.717, 1.165) is 17.2 Å². The molecule has 0 fully saturated rings. The summed E-state index contributed by atoms with van der Waals surface area (Å²) in [6, 6.07) is 8.79. The number of carbonyl (C=O) groups excluding carboxylic acids is 1. The summed E-state index contributed by atoms with van der Waals surface area (Å²) in [5, 5.41) is 18.9. The molecule has 0 unspecified atom stereocenters. The fourth-order valence-electron chi connectivity index (χ4n) is 2.13. The standard InChI is InChI=1S/C15H14N2O5/c1-9(18)17(13(14(19)20)15(21)22)8-11-7-6-10-4-2-3-5-12(10)16-11/h2-7,13H,8H2,1H3,(H,19,20)(H,21,22). The van der Waals surface area contributed by atoms with E-state index >= 15 is 0 Å². The molecule has 2 N–H and O–H groups in total. The molecule has 2 aromatic rings. The second kappa shape index (κ2) is 6.21. The Labute approximate surface area is 125 Å². The molecule has 0 saturated heterocycles. The van der Waals surface area contributed by atoms with Crippen molar-refractivity contribution in [1.29, 1.82) is 0 Å². The Morgan fingerprint density at radius 1 is 1.09 bits per heavy atom. The largest absolute Gasteiger partial charge is 0.479 e. The number of hydrogen-bond acceptors (Lipinski definition) is 4. The molecule has 22 heavy (non-hydrogen) atoms. The van der Waals surface area contributed by atoms with E-state index in [1.807, 2.05) is 12.1 Å². The van der Waals surface area contributed by atoms with E-state index in [1.165, 1.54) is 0 Å². The molecule has 0 spiro atoms. The van der Waals surface area contributed by atoms with Crippen molar-refractivity contribution in [2.45, 2.75) is 19.5 Å². The normalized spacial score (nSPS) is 10.6. The Hall–Kier alpha value is -2.96. The first-order valence-electron chi connectivity index (χ1n) is 6.47. The van der Waals surface area contributed by atoms with Crippen LogP contribution in [0.2, 0.25) is 0 Å². The maximum atomic E-state index is 11.6. The quantitative estimate of drug-likeness (QED) is 0.801. The Kier molecular flexibility index (Phi) is 4.36. The maximum absolute atomic E-state index is 11.6. The van der Waals surface area contributed by atoms with Crippen LogP contribution in [0.3, 0.4) is 0 Å². The van der Waals surface area contributed by atoms with E-state index in [1.54, 1.807) is 24.3 Å². The molecule has 0 atom stereocenters. The molecule has 1 aromatic heterocycles. The molecule has 1 heterocycles. The summed E-state index contributed by atoms with van der Waals surface area (Å²) < 4.78 is 0. The van der Waals surface area contributed by atoms with Gasteiger partial charge in [-0.15, -0.1) is 0 Å². The Balaban J connectivity index is 2.35. The molecule has 0 aliphatic rings. The third kappa shape index (κ3) is 3.20. The first-order valence-corrected chi connectivity index (χ1v) is 6.47. The van der Waals surface area contributed by atoms with Crippen LogP contribution in [0.15, 0.2) is 36.4 Å². The number of nitrogens with zero attached hydrogens (tertiary/aromatic N) is 2. The van der Waals surface area contributed by atoms with Crippen LogP contribution in [-0.4, -0.2) is 44.0 Å². The van der Waals surface area contributed by atoms with Gasteiger partial charge in [0, 0.05) is 12.3 Å². The van der Waals surface area contributed by atoms with Crippen molar-refractivity contribution in [2.24, 2.45) is 0 Å². The summed E-state index contributed by atoms with van der Waals surface area (Å²) in [6.45, 7) is 0.934. The van der Waals surface area contributed by atoms with Crippen LogP contribution < -0.4 is 0 Å². The van der Waals surface area contributed by atoms with Gasteiger partial charge < -0.3 is 15.1 Å². The van der Waals surface area contributed by atoms with Crippen LogP contribution in [0.5, 0.6) is 0 Å². The van der Waals surface area contributed by atoms with E-state index in [4.69, 9.17) is 10.2 Å². The monoisotopic (exact) mass is 302 g/mol. The van der Waals surface area contributed by atoms with E-state index in [0.29, 0.717) is 11.2 Å².